The predicted octanol–water partition coefficient (Wildman–Crippen LogP) is 3.86. The van der Waals surface area contributed by atoms with Gasteiger partial charge in [-0.2, -0.15) is 0 Å². The molecular formula is C20H25NO6S. The molecule has 0 radical (unpaired) electrons. The van der Waals surface area contributed by atoms with Crippen molar-refractivity contribution < 1.29 is 28.6 Å². The molecule has 0 aromatic heterocycles. The summed E-state index contributed by atoms with van der Waals surface area (Å²) in [6, 6.07) is 5.06. The van der Waals surface area contributed by atoms with Crippen molar-refractivity contribution in [2.24, 2.45) is 0 Å². The van der Waals surface area contributed by atoms with Gasteiger partial charge in [0.25, 0.3) is 11.1 Å². The number of benzene rings is 1. The number of carbonyl (C=O) groups is 3. The number of carbonyl (C=O) groups excluding carboxylic acids is 3. The first-order valence-corrected chi connectivity index (χ1v) is 10.0. The average Bonchev–Trinajstić information content (AvgIpc) is 2.94. The molecule has 0 atom stereocenters. The number of imide groups is 1. The Morgan fingerprint density at radius 2 is 1.96 bits per heavy atom. The molecule has 1 aliphatic rings. The zero-order chi connectivity index (χ0) is 20.5. The number of hydrogen-bond donors (Lipinski definition) is 0. The number of rotatable bonds is 10. The first-order valence-electron chi connectivity index (χ1n) is 9.22. The molecule has 152 valence electrons. The van der Waals surface area contributed by atoms with Crippen LogP contribution in [-0.2, 0) is 14.3 Å². The molecule has 1 fully saturated rings. The van der Waals surface area contributed by atoms with Gasteiger partial charge in [0.1, 0.15) is 0 Å². The van der Waals surface area contributed by atoms with Gasteiger partial charge in [0.15, 0.2) is 18.1 Å². The highest BCUT2D eigenvalue weighted by Gasteiger charge is 2.34. The van der Waals surface area contributed by atoms with Gasteiger partial charge in [0.2, 0.25) is 0 Å². The Kier molecular flexibility index (Phi) is 8.38. The Morgan fingerprint density at radius 3 is 2.64 bits per heavy atom. The molecule has 28 heavy (non-hydrogen) atoms. The molecule has 1 aromatic carbocycles. The van der Waals surface area contributed by atoms with E-state index >= 15 is 0 Å². The van der Waals surface area contributed by atoms with Crippen LogP contribution in [0.3, 0.4) is 0 Å². The summed E-state index contributed by atoms with van der Waals surface area (Å²) in [4.78, 5) is 37.7. The fourth-order valence-electron chi connectivity index (χ4n) is 2.60. The van der Waals surface area contributed by atoms with Crippen LogP contribution in [0.5, 0.6) is 11.5 Å². The monoisotopic (exact) mass is 407 g/mol. The van der Waals surface area contributed by atoms with Crippen molar-refractivity contribution in [3.8, 4) is 11.5 Å². The zero-order valence-electron chi connectivity index (χ0n) is 16.4. The SMILES string of the molecule is CCCCCN1C(=O)S/C(=C\c2ccc(OCC(=O)OCC)c(OC)c2)C1=O. The Morgan fingerprint density at radius 1 is 1.18 bits per heavy atom. The van der Waals surface area contributed by atoms with Gasteiger partial charge in [-0.3, -0.25) is 14.5 Å². The van der Waals surface area contributed by atoms with E-state index in [1.54, 1.807) is 31.2 Å². The molecule has 1 aliphatic heterocycles. The average molecular weight is 407 g/mol. The lowest BCUT2D eigenvalue weighted by molar-refractivity contribution is -0.145. The smallest absolute Gasteiger partial charge is 0.344 e. The number of nitrogens with zero attached hydrogens (tertiary/aromatic N) is 1. The highest BCUT2D eigenvalue weighted by molar-refractivity contribution is 8.18. The van der Waals surface area contributed by atoms with Crippen LogP contribution in [0.2, 0.25) is 0 Å². The third-order valence-corrected chi connectivity index (χ3v) is 4.90. The van der Waals surface area contributed by atoms with Crippen LogP contribution < -0.4 is 9.47 Å². The standard InChI is InChI=1S/C20H25NO6S/c1-4-6-7-10-21-19(23)17(28-20(21)24)12-14-8-9-15(16(11-14)25-3)27-13-18(22)26-5-2/h8-9,11-12H,4-7,10,13H2,1-3H3/b17-12-. The Hall–Kier alpha value is -2.48. The molecule has 0 N–H and O–H groups in total. The van der Waals surface area contributed by atoms with E-state index in [0.29, 0.717) is 28.5 Å². The summed E-state index contributed by atoms with van der Waals surface area (Å²) in [6.45, 7) is 4.30. The maximum absolute atomic E-state index is 12.5. The van der Waals surface area contributed by atoms with Gasteiger partial charge >= 0.3 is 5.97 Å². The van der Waals surface area contributed by atoms with Crippen molar-refractivity contribution in [3.05, 3.63) is 28.7 Å². The minimum Gasteiger partial charge on any atom is -0.493 e. The van der Waals surface area contributed by atoms with Gasteiger partial charge in [-0.1, -0.05) is 25.8 Å². The molecule has 0 spiro atoms. The molecule has 1 heterocycles. The Bertz CT molecular complexity index is 761. The summed E-state index contributed by atoms with van der Waals surface area (Å²) in [5.41, 5.74) is 0.694. The summed E-state index contributed by atoms with van der Waals surface area (Å²) in [7, 11) is 1.48. The van der Waals surface area contributed by atoms with E-state index in [0.717, 1.165) is 31.0 Å². The highest BCUT2D eigenvalue weighted by Crippen LogP contribution is 2.34. The normalized spacial score (nSPS) is 15.2. The lowest BCUT2D eigenvalue weighted by atomic mass is 10.2. The van der Waals surface area contributed by atoms with Crippen LogP contribution in [0, 0.1) is 0 Å². The Labute approximate surface area is 169 Å². The number of amides is 2. The van der Waals surface area contributed by atoms with Gasteiger partial charge < -0.3 is 14.2 Å². The molecule has 0 unspecified atom stereocenters. The predicted molar refractivity (Wildman–Crippen MR) is 107 cm³/mol. The minimum absolute atomic E-state index is 0.222. The van der Waals surface area contributed by atoms with E-state index in [4.69, 9.17) is 14.2 Å². The van der Waals surface area contributed by atoms with Crippen molar-refractivity contribution in [3.63, 3.8) is 0 Å². The molecule has 0 saturated carbocycles. The summed E-state index contributed by atoms with van der Waals surface area (Å²) in [5, 5.41) is -0.242. The zero-order valence-corrected chi connectivity index (χ0v) is 17.2. The van der Waals surface area contributed by atoms with Crippen LogP contribution in [0.15, 0.2) is 23.1 Å². The van der Waals surface area contributed by atoms with Crippen molar-refractivity contribution >= 4 is 35.0 Å². The van der Waals surface area contributed by atoms with Gasteiger partial charge in [-0.05, 0) is 48.9 Å². The number of ether oxygens (including phenoxy) is 3. The molecule has 2 rings (SSSR count). The van der Waals surface area contributed by atoms with E-state index in [1.807, 2.05) is 0 Å². The lowest BCUT2D eigenvalue weighted by Crippen LogP contribution is -2.29. The molecular weight excluding hydrogens is 382 g/mol. The topological polar surface area (TPSA) is 82.1 Å². The maximum Gasteiger partial charge on any atom is 0.344 e. The summed E-state index contributed by atoms with van der Waals surface area (Å²) in [6.07, 6.45) is 4.46. The highest BCUT2D eigenvalue weighted by atomic mass is 32.2. The number of thioether (sulfide) groups is 1. The molecule has 7 nitrogen and oxygen atoms in total. The number of esters is 1. The minimum atomic E-state index is -0.467. The lowest BCUT2D eigenvalue weighted by Gasteiger charge is -2.12. The second-order valence-corrected chi connectivity index (χ2v) is 7.04. The molecule has 1 aromatic rings. The number of methoxy groups -OCH3 is 1. The number of unbranched alkanes of at least 4 members (excludes halogenated alkanes) is 2. The quantitative estimate of drug-likeness (QED) is 0.331. The van der Waals surface area contributed by atoms with Gasteiger partial charge in [0.05, 0.1) is 18.6 Å². The Balaban J connectivity index is 2.10. The van der Waals surface area contributed by atoms with E-state index in [-0.39, 0.29) is 24.4 Å². The van der Waals surface area contributed by atoms with Crippen molar-refractivity contribution in [2.45, 2.75) is 33.1 Å². The molecule has 1 saturated heterocycles. The van der Waals surface area contributed by atoms with Crippen LogP contribution in [0.4, 0.5) is 4.79 Å². The molecule has 0 aliphatic carbocycles. The third kappa shape index (κ3) is 5.76. The molecule has 2 amide bonds. The van der Waals surface area contributed by atoms with Crippen molar-refractivity contribution in [2.75, 3.05) is 26.9 Å². The van der Waals surface area contributed by atoms with Gasteiger partial charge in [-0.15, -0.1) is 0 Å². The van der Waals surface area contributed by atoms with E-state index in [2.05, 4.69) is 6.92 Å². The van der Waals surface area contributed by atoms with Crippen molar-refractivity contribution in [1.82, 2.24) is 4.90 Å². The molecule has 8 heteroatoms. The van der Waals surface area contributed by atoms with Crippen LogP contribution >= 0.6 is 11.8 Å². The van der Waals surface area contributed by atoms with Crippen LogP contribution in [0.25, 0.3) is 6.08 Å². The number of hydrogen-bond acceptors (Lipinski definition) is 7. The fraction of sp³-hybridized carbons (Fsp3) is 0.450. The summed E-state index contributed by atoms with van der Waals surface area (Å²) in [5.74, 6) is 0.0682. The van der Waals surface area contributed by atoms with Gasteiger partial charge in [0, 0.05) is 6.54 Å². The van der Waals surface area contributed by atoms with Gasteiger partial charge in [-0.25, -0.2) is 4.79 Å². The maximum atomic E-state index is 12.5. The van der Waals surface area contributed by atoms with E-state index < -0.39 is 5.97 Å². The first kappa shape index (κ1) is 21.8. The second kappa shape index (κ2) is 10.8. The molecule has 0 bridgehead atoms. The van der Waals surface area contributed by atoms with E-state index in [9.17, 15) is 14.4 Å². The fourth-order valence-corrected chi connectivity index (χ4v) is 3.46. The largest absolute Gasteiger partial charge is 0.493 e. The van der Waals surface area contributed by atoms with Crippen LogP contribution in [0.1, 0.15) is 38.7 Å². The third-order valence-electron chi connectivity index (χ3n) is 4.00. The first-order chi connectivity index (χ1) is 13.5. The summed E-state index contributed by atoms with van der Waals surface area (Å²) < 4.78 is 15.6. The summed E-state index contributed by atoms with van der Waals surface area (Å²) >= 11 is 0.937. The second-order valence-electron chi connectivity index (χ2n) is 6.04. The van der Waals surface area contributed by atoms with Crippen molar-refractivity contribution in [1.29, 1.82) is 0 Å². The van der Waals surface area contributed by atoms with Crippen LogP contribution in [-0.4, -0.2) is 48.9 Å². The van der Waals surface area contributed by atoms with E-state index in [1.165, 1.54) is 12.0 Å².